The van der Waals surface area contributed by atoms with E-state index in [1.54, 1.807) is 11.8 Å². The summed E-state index contributed by atoms with van der Waals surface area (Å²) < 4.78 is 14.3. The quantitative estimate of drug-likeness (QED) is 0.642. The first kappa shape index (κ1) is 9.03. The molecule has 1 heterocycles. The first-order chi connectivity index (χ1) is 6.24. The van der Waals surface area contributed by atoms with E-state index in [0.717, 1.165) is 20.5 Å². The van der Waals surface area contributed by atoms with Gasteiger partial charge in [0.25, 0.3) is 0 Å². The van der Waals surface area contributed by atoms with Gasteiger partial charge in [0.1, 0.15) is 0 Å². The van der Waals surface area contributed by atoms with E-state index in [1.165, 1.54) is 11.3 Å². The molecule has 0 spiro atoms. The highest BCUT2D eigenvalue weighted by molar-refractivity contribution is 7.99. The normalized spacial score (nSPS) is 11.0. The second-order valence-corrected chi connectivity index (χ2v) is 4.66. The summed E-state index contributed by atoms with van der Waals surface area (Å²) in [6.07, 6.45) is 2.02. The largest absolute Gasteiger partial charge is 0.195 e. The van der Waals surface area contributed by atoms with Crippen LogP contribution in [0.5, 0.6) is 0 Å². The van der Waals surface area contributed by atoms with Crippen molar-refractivity contribution in [3.05, 3.63) is 28.9 Å². The Morgan fingerprint density at radius 2 is 2.15 bits per heavy atom. The summed E-state index contributed by atoms with van der Waals surface area (Å²) in [5.74, 6) is 0. The van der Waals surface area contributed by atoms with Gasteiger partial charge in [-0.3, -0.25) is 0 Å². The van der Waals surface area contributed by atoms with Crippen LogP contribution in [0.2, 0.25) is 0 Å². The first-order valence-corrected chi connectivity index (χ1v) is 5.99. The minimum Gasteiger partial charge on any atom is -0.195 e. The van der Waals surface area contributed by atoms with Crippen LogP contribution in [0.15, 0.2) is 23.1 Å². The number of fused-ring (bicyclic) bond motifs is 1. The molecule has 0 aliphatic carbocycles. The topological polar surface area (TPSA) is 0 Å². The zero-order chi connectivity index (χ0) is 9.42. The van der Waals surface area contributed by atoms with E-state index in [9.17, 15) is 4.39 Å². The van der Waals surface area contributed by atoms with Crippen molar-refractivity contribution >= 4 is 33.2 Å². The molecule has 2 aromatic rings. The van der Waals surface area contributed by atoms with Gasteiger partial charge in [-0.05, 0) is 24.6 Å². The number of rotatable bonds is 1. The van der Waals surface area contributed by atoms with Crippen LogP contribution >= 0.6 is 23.1 Å². The summed E-state index contributed by atoms with van der Waals surface area (Å²) in [4.78, 5) is 1.16. The van der Waals surface area contributed by atoms with Gasteiger partial charge in [-0.25, -0.2) is 0 Å². The van der Waals surface area contributed by atoms with Crippen LogP contribution in [-0.2, 0) is 0 Å². The van der Waals surface area contributed by atoms with Gasteiger partial charge in [-0.15, -0.1) is 23.1 Å². The molecule has 0 saturated heterocycles. The Hall–Kier alpha value is -0.540. The molecule has 1 aromatic heterocycles. The molecule has 0 amide bonds. The lowest BCUT2D eigenvalue weighted by Gasteiger charge is -1.96. The predicted octanol–water partition coefficient (Wildman–Crippen LogP) is 4.07. The lowest BCUT2D eigenvalue weighted by atomic mass is 10.2. The maximum absolute atomic E-state index is 13.3. The van der Waals surface area contributed by atoms with Gasteiger partial charge in [0, 0.05) is 10.5 Å². The third-order valence-corrected chi connectivity index (χ3v) is 4.13. The highest BCUT2D eigenvalue weighted by atomic mass is 32.2. The van der Waals surface area contributed by atoms with E-state index in [0.29, 0.717) is 0 Å². The Balaban J connectivity index is 2.84. The fourth-order valence-corrected chi connectivity index (χ4v) is 3.18. The molecule has 0 radical (unpaired) electrons. The first-order valence-electron chi connectivity index (χ1n) is 3.95. The van der Waals surface area contributed by atoms with E-state index in [2.05, 4.69) is 0 Å². The summed E-state index contributed by atoms with van der Waals surface area (Å²) in [6.45, 7) is 1.83. The minimum absolute atomic E-state index is 0.0588. The zero-order valence-corrected chi connectivity index (χ0v) is 9.06. The molecule has 0 bridgehead atoms. The second-order valence-electron chi connectivity index (χ2n) is 2.84. The lowest BCUT2D eigenvalue weighted by Crippen LogP contribution is -1.72. The van der Waals surface area contributed by atoms with E-state index >= 15 is 0 Å². The molecule has 13 heavy (non-hydrogen) atoms. The number of halogens is 1. The molecule has 0 atom stereocenters. The third kappa shape index (κ3) is 1.36. The molecule has 0 aliphatic heterocycles. The van der Waals surface area contributed by atoms with Gasteiger partial charge in [-0.2, -0.15) is 4.39 Å². The number of benzene rings is 1. The summed E-state index contributed by atoms with van der Waals surface area (Å²) in [5.41, 5.74) is 0.774. The maximum atomic E-state index is 13.3. The minimum atomic E-state index is -0.0588. The molecular formula is C10H9FS2. The molecule has 3 heteroatoms. The SMILES string of the molecule is CSc1cccc2c(C)c(F)sc12. The van der Waals surface area contributed by atoms with E-state index < -0.39 is 0 Å². The Labute approximate surface area is 84.8 Å². The Kier molecular flexibility index (Phi) is 2.30. The molecule has 0 aliphatic rings. The Morgan fingerprint density at radius 3 is 2.85 bits per heavy atom. The van der Waals surface area contributed by atoms with Crippen LogP contribution in [0, 0.1) is 12.1 Å². The highest BCUT2D eigenvalue weighted by Gasteiger charge is 2.09. The number of hydrogen-bond donors (Lipinski definition) is 0. The van der Waals surface area contributed by atoms with Crippen molar-refractivity contribution in [3.8, 4) is 0 Å². The van der Waals surface area contributed by atoms with Crippen LogP contribution in [0.4, 0.5) is 4.39 Å². The zero-order valence-electron chi connectivity index (χ0n) is 7.43. The van der Waals surface area contributed by atoms with Crippen molar-refractivity contribution < 1.29 is 4.39 Å². The summed E-state index contributed by atoms with van der Waals surface area (Å²) >= 11 is 2.91. The number of aryl methyl sites for hydroxylation is 1. The third-order valence-electron chi connectivity index (χ3n) is 2.09. The van der Waals surface area contributed by atoms with E-state index in [-0.39, 0.29) is 5.13 Å². The molecule has 0 unspecified atom stereocenters. The van der Waals surface area contributed by atoms with Crippen molar-refractivity contribution in [2.24, 2.45) is 0 Å². The van der Waals surface area contributed by atoms with Crippen molar-refractivity contribution in [3.63, 3.8) is 0 Å². The smallest absolute Gasteiger partial charge is 0.180 e. The Morgan fingerprint density at radius 1 is 1.38 bits per heavy atom. The fraction of sp³-hybridized carbons (Fsp3) is 0.200. The maximum Gasteiger partial charge on any atom is 0.180 e. The van der Waals surface area contributed by atoms with Gasteiger partial charge >= 0.3 is 0 Å². The summed E-state index contributed by atoms with van der Waals surface area (Å²) in [7, 11) is 0. The van der Waals surface area contributed by atoms with Crippen molar-refractivity contribution in [1.82, 2.24) is 0 Å². The number of hydrogen-bond acceptors (Lipinski definition) is 2. The average molecular weight is 212 g/mol. The van der Waals surface area contributed by atoms with Crippen molar-refractivity contribution in [2.45, 2.75) is 11.8 Å². The van der Waals surface area contributed by atoms with Gasteiger partial charge in [0.15, 0.2) is 5.13 Å². The van der Waals surface area contributed by atoms with Gasteiger partial charge in [-0.1, -0.05) is 12.1 Å². The molecule has 0 N–H and O–H groups in total. The molecule has 2 rings (SSSR count). The van der Waals surface area contributed by atoms with Crippen LogP contribution < -0.4 is 0 Å². The van der Waals surface area contributed by atoms with Gasteiger partial charge in [0.2, 0.25) is 0 Å². The monoisotopic (exact) mass is 212 g/mol. The van der Waals surface area contributed by atoms with Crippen LogP contribution in [0.25, 0.3) is 10.1 Å². The molecule has 0 saturated carbocycles. The van der Waals surface area contributed by atoms with E-state index in [1.807, 2.05) is 31.4 Å². The standard InChI is InChI=1S/C10H9FS2/c1-6-7-4-3-5-8(12-2)9(7)13-10(6)11/h3-5H,1-2H3. The van der Waals surface area contributed by atoms with Crippen LogP contribution in [0.1, 0.15) is 5.56 Å². The van der Waals surface area contributed by atoms with Gasteiger partial charge in [0.05, 0.1) is 4.70 Å². The predicted molar refractivity (Wildman–Crippen MR) is 58.3 cm³/mol. The van der Waals surface area contributed by atoms with Crippen LogP contribution in [0.3, 0.4) is 0 Å². The van der Waals surface area contributed by atoms with Crippen molar-refractivity contribution in [1.29, 1.82) is 0 Å². The molecule has 0 fully saturated rings. The fourth-order valence-electron chi connectivity index (χ4n) is 1.35. The van der Waals surface area contributed by atoms with Crippen molar-refractivity contribution in [2.75, 3.05) is 6.26 Å². The lowest BCUT2D eigenvalue weighted by molar-refractivity contribution is 0.650. The Bertz CT molecular complexity index is 445. The second kappa shape index (κ2) is 3.31. The summed E-state index contributed by atoms with van der Waals surface area (Å²) in [6, 6.07) is 5.99. The number of thioether (sulfide) groups is 1. The molecule has 1 aromatic carbocycles. The average Bonchev–Trinajstić information content (AvgIpc) is 2.43. The summed E-state index contributed by atoms with van der Waals surface area (Å²) in [5, 5.41) is 0.992. The van der Waals surface area contributed by atoms with Gasteiger partial charge < -0.3 is 0 Å². The molecule has 0 nitrogen and oxygen atoms in total. The van der Waals surface area contributed by atoms with E-state index in [4.69, 9.17) is 0 Å². The molecular weight excluding hydrogens is 203 g/mol. The highest BCUT2D eigenvalue weighted by Crippen LogP contribution is 2.35. The molecule has 68 valence electrons. The van der Waals surface area contributed by atoms with Crippen LogP contribution in [-0.4, -0.2) is 6.26 Å². The number of thiophene rings is 1.